The molecule has 1 atom stereocenters. The molecule has 0 bridgehead atoms. The van der Waals surface area contributed by atoms with Gasteiger partial charge in [-0.2, -0.15) is 4.31 Å². The lowest BCUT2D eigenvalue weighted by atomic mass is 10.3. The van der Waals surface area contributed by atoms with Gasteiger partial charge in [0.2, 0.25) is 10.0 Å². The SMILES string of the molecule is COC1CCN(S(=O)(=O)c2cc(CNC(C)C)sc2Br)C1. The minimum absolute atomic E-state index is 0.000681. The summed E-state index contributed by atoms with van der Waals surface area (Å²) in [6, 6.07) is 2.13. The molecule has 1 saturated heterocycles. The maximum Gasteiger partial charge on any atom is 0.245 e. The van der Waals surface area contributed by atoms with Crippen LogP contribution in [0.15, 0.2) is 14.7 Å². The lowest BCUT2D eigenvalue weighted by Gasteiger charge is -2.15. The molecule has 1 aromatic rings. The van der Waals surface area contributed by atoms with E-state index in [9.17, 15) is 8.42 Å². The molecule has 1 N–H and O–H groups in total. The summed E-state index contributed by atoms with van der Waals surface area (Å²) < 4.78 is 32.8. The Kier molecular flexibility index (Phi) is 5.84. The Labute approximate surface area is 138 Å². The molecule has 5 nitrogen and oxygen atoms in total. The fraction of sp³-hybridized carbons (Fsp3) is 0.692. The van der Waals surface area contributed by atoms with Gasteiger partial charge in [-0.05, 0) is 28.4 Å². The topological polar surface area (TPSA) is 58.6 Å². The van der Waals surface area contributed by atoms with E-state index in [1.807, 2.05) is 0 Å². The zero-order valence-electron chi connectivity index (χ0n) is 12.4. The van der Waals surface area contributed by atoms with Crippen LogP contribution in [0.2, 0.25) is 0 Å². The maximum absolute atomic E-state index is 12.7. The number of thiophene rings is 1. The summed E-state index contributed by atoms with van der Waals surface area (Å²) in [5.41, 5.74) is 0. The molecule has 0 amide bonds. The van der Waals surface area contributed by atoms with Crippen molar-refractivity contribution in [3.05, 3.63) is 14.7 Å². The first-order valence-electron chi connectivity index (χ1n) is 6.89. The predicted molar refractivity (Wildman–Crippen MR) is 88.2 cm³/mol. The molecule has 120 valence electrons. The zero-order valence-corrected chi connectivity index (χ0v) is 15.6. The summed E-state index contributed by atoms with van der Waals surface area (Å²) in [5, 5.41) is 3.30. The van der Waals surface area contributed by atoms with E-state index in [0.717, 1.165) is 11.3 Å². The fourth-order valence-electron chi connectivity index (χ4n) is 2.21. The minimum atomic E-state index is -3.44. The Morgan fingerprint density at radius 2 is 2.29 bits per heavy atom. The molecule has 8 heteroatoms. The van der Waals surface area contributed by atoms with Crippen LogP contribution in [-0.2, 0) is 21.3 Å². The molecule has 21 heavy (non-hydrogen) atoms. The standard InChI is InChI=1S/C13H21BrN2O3S2/c1-9(2)15-7-11-6-12(13(14)20-11)21(17,18)16-5-4-10(8-16)19-3/h6,9-10,15H,4-5,7-8H2,1-3H3. The molecule has 2 rings (SSSR count). The van der Waals surface area contributed by atoms with E-state index < -0.39 is 10.0 Å². The molecule has 1 fully saturated rings. The van der Waals surface area contributed by atoms with Crippen molar-refractivity contribution < 1.29 is 13.2 Å². The largest absolute Gasteiger partial charge is 0.380 e. The number of hydrogen-bond acceptors (Lipinski definition) is 5. The molecule has 2 heterocycles. The first-order valence-corrected chi connectivity index (χ1v) is 9.94. The molecule has 0 spiro atoms. The van der Waals surface area contributed by atoms with Crippen LogP contribution in [0.25, 0.3) is 0 Å². The maximum atomic E-state index is 12.7. The van der Waals surface area contributed by atoms with Crippen molar-refractivity contribution in [1.29, 1.82) is 0 Å². The Morgan fingerprint density at radius 3 is 2.86 bits per heavy atom. The lowest BCUT2D eigenvalue weighted by molar-refractivity contribution is 0.115. The van der Waals surface area contributed by atoms with Gasteiger partial charge in [0.05, 0.1) is 9.89 Å². The number of sulfonamides is 1. The second kappa shape index (κ2) is 7.06. The van der Waals surface area contributed by atoms with Gasteiger partial charge in [-0.25, -0.2) is 8.42 Å². The van der Waals surface area contributed by atoms with Crippen LogP contribution in [0.3, 0.4) is 0 Å². The number of methoxy groups -OCH3 is 1. The van der Waals surface area contributed by atoms with Crippen LogP contribution < -0.4 is 5.32 Å². The van der Waals surface area contributed by atoms with Gasteiger partial charge < -0.3 is 10.1 Å². The number of nitrogens with one attached hydrogen (secondary N) is 1. The van der Waals surface area contributed by atoms with Crippen LogP contribution in [-0.4, -0.2) is 45.1 Å². The van der Waals surface area contributed by atoms with Crippen LogP contribution in [0.1, 0.15) is 25.1 Å². The summed E-state index contributed by atoms with van der Waals surface area (Å²) in [6.07, 6.45) is 0.749. The highest BCUT2D eigenvalue weighted by molar-refractivity contribution is 9.11. The van der Waals surface area contributed by atoms with Gasteiger partial charge in [0.15, 0.2) is 0 Å². The fourth-order valence-corrected chi connectivity index (χ4v) is 6.28. The van der Waals surface area contributed by atoms with Crippen molar-refractivity contribution in [2.24, 2.45) is 0 Å². The van der Waals surface area contributed by atoms with Crippen molar-refractivity contribution in [3.63, 3.8) is 0 Å². The molecule has 1 aliphatic rings. The smallest absolute Gasteiger partial charge is 0.245 e. The van der Waals surface area contributed by atoms with E-state index in [4.69, 9.17) is 4.74 Å². The first-order chi connectivity index (χ1) is 9.84. The number of nitrogens with zero attached hydrogens (tertiary/aromatic N) is 1. The monoisotopic (exact) mass is 396 g/mol. The number of rotatable bonds is 6. The average molecular weight is 397 g/mol. The van der Waals surface area contributed by atoms with E-state index in [2.05, 4.69) is 35.1 Å². The molecule has 0 aromatic carbocycles. The summed E-state index contributed by atoms with van der Waals surface area (Å²) in [7, 11) is -1.82. The summed E-state index contributed by atoms with van der Waals surface area (Å²) in [5.74, 6) is 0. The van der Waals surface area contributed by atoms with Gasteiger partial charge in [0.1, 0.15) is 4.90 Å². The highest BCUT2D eigenvalue weighted by Crippen LogP contribution is 2.34. The van der Waals surface area contributed by atoms with E-state index in [1.54, 1.807) is 13.2 Å². The quantitative estimate of drug-likeness (QED) is 0.801. The van der Waals surface area contributed by atoms with Gasteiger partial charge in [0.25, 0.3) is 0 Å². The number of halogens is 1. The predicted octanol–water partition coefficient (Wildman–Crippen LogP) is 2.42. The molecule has 1 aromatic heterocycles. The van der Waals surface area contributed by atoms with E-state index in [0.29, 0.717) is 34.4 Å². The molecule has 1 unspecified atom stereocenters. The van der Waals surface area contributed by atoms with Gasteiger partial charge in [-0.15, -0.1) is 11.3 Å². The number of ether oxygens (including phenoxy) is 1. The van der Waals surface area contributed by atoms with Crippen molar-refractivity contribution >= 4 is 37.3 Å². The van der Waals surface area contributed by atoms with Gasteiger partial charge in [0, 0.05) is 37.7 Å². The summed E-state index contributed by atoms with van der Waals surface area (Å²) in [6.45, 7) is 5.76. The van der Waals surface area contributed by atoms with Gasteiger partial charge in [-0.3, -0.25) is 0 Å². The third kappa shape index (κ3) is 4.05. The molecule has 0 aliphatic carbocycles. The molecule has 0 saturated carbocycles. The van der Waals surface area contributed by atoms with Crippen LogP contribution in [0.4, 0.5) is 0 Å². The summed E-state index contributed by atoms with van der Waals surface area (Å²) >= 11 is 4.86. The van der Waals surface area contributed by atoms with Gasteiger partial charge >= 0.3 is 0 Å². The molecule has 1 aliphatic heterocycles. The third-order valence-corrected chi connectivity index (χ3v) is 7.57. The zero-order chi connectivity index (χ0) is 15.6. The summed E-state index contributed by atoms with van der Waals surface area (Å²) in [4.78, 5) is 1.38. The van der Waals surface area contributed by atoms with Crippen molar-refractivity contribution in [3.8, 4) is 0 Å². The van der Waals surface area contributed by atoms with Crippen molar-refractivity contribution in [1.82, 2.24) is 9.62 Å². The molecular weight excluding hydrogens is 376 g/mol. The van der Waals surface area contributed by atoms with E-state index in [1.165, 1.54) is 15.6 Å². The highest BCUT2D eigenvalue weighted by Gasteiger charge is 2.34. The van der Waals surface area contributed by atoms with Gasteiger partial charge in [-0.1, -0.05) is 13.8 Å². The minimum Gasteiger partial charge on any atom is -0.380 e. The Morgan fingerprint density at radius 1 is 1.57 bits per heavy atom. The van der Waals surface area contributed by atoms with Crippen molar-refractivity contribution in [2.75, 3.05) is 20.2 Å². The van der Waals surface area contributed by atoms with Crippen LogP contribution in [0, 0.1) is 0 Å². The second-order valence-corrected chi connectivity index (χ2v) is 9.76. The lowest BCUT2D eigenvalue weighted by Crippen LogP contribution is -2.30. The Balaban J connectivity index is 2.17. The van der Waals surface area contributed by atoms with E-state index in [-0.39, 0.29) is 6.10 Å². The van der Waals surface area contributed by atoms with E-state index >= 15 is 0 Å². The third-order valence-electron chi connectivity index (χ3n) is 3.45. The number of hydrogen-bond donors (Lipinski definition) is 1. The molecular formula is C13H21BrN2O3S2. The normalized spacial score (nSPS) is 20.5. The van der Waals surface area contributed by atoms with Crippen molar-refractivity contribution in [2.45, 2.75) is 43.9 Å². The second-order valence-electron chi connectivity index (χ2n) is 5.40. The first kappa shape index (κ1) is 17.4. The van der Waals surface area contributed by atoms with Crippen LogP contribution >= 0.6 is 27.3 Å². The van der Waals surface area contributed by atoms with Crippen LogP contribution in [0.5, 0.6) is 0 Å². The average Bonchev–Trinajstić information content (AvgIpc) is 3.03. The molecule has 0 radical (unpaired) electrons. The highest BCUT2D eigenvalue weighted by atomic mass is 79.9. The Hall–Kier alpha value is 0.01000. The Bertz CT molecular complexity index is 586.